The SMILES string of the molecule is CCCC1CC(CN)(N2CCCCC2CC)CCO1. The molecule has 0 spiro atoms. The molecule has 0 bridgehead atoms. The van der Waals surface area contributed by atoms with Gasteiger partial charge in [-0.2, -0.15) is 0 Å². The van der Waals surface area contributed by atoms with Gasteiger partial charge in [0.1, 0.15) is 0 Å². The molecule has 0 aromatic carbocycles. The van der Waals surface area contributed by atoms with E-state index in [0.717, 1.165) is 32.0 Å². The third kappa shape index (κ3) is 3.32. The predicted octanol–water partition coefficient (Wildman–Crippen LogP) is 2.93. The van der Waals surface area contributed by atoms with Crippen LogP contribution in [-0.4, -0.2) is 42.3 Å². The highest BCUT2D eigenvalue weighted by atomic mass is 16.5. The molecular formula is C16H32N2O. The Kier molecular flexibility index (Phi) is 5.67. The number of hydrogen-bond acceptors (Lipinski definition) is 3. The number of ether oxygens (including phenoxy) is 1. The summed E-state index contributed by atoms with van der Waals surface area (Å²) in [6.07, 6.45) is 10.5. The van der Waals surface area contributed by atoms with Crippen LogP contribution < -0.4 is 5.73 Å². The van der Waals surface area contributed by atoms with Gasteiger partial charge in [-0.25, -0.2) is 0 Å². The van der Waals surface area contributed by atoms with Gasteiger partial charge in [-0.15, -0.1) is 0 Å². The van der Waals surface area contributed by atoms with E-state index >= 15 is 0 Å². The quantitative estimate of drug-likeness (QED) is 0.833. The van der Waals surface area contributed by atoms with Crippen LogP contribution in [0.15, 0.2) is 0 Å². The maximum absolute atomic E-state index is 6.25. The van der Waals surface area contributed by atoms with Crippen molar-refractivity contribution >= 4 is 0 Å². The lowest BCUT2D eigenvalue weighted by Crippen LogP contribution is -2.62. The maximum Gasteiger partial charge on any atom is 0.0593 e. The number of likely N-dealkylation sites (tertiary alicyclic amines) is 1. The topological polar surface area (TPSA) is 38.5 Å². The summed E-state index contributed by atoms with van der Waals surface area (Å²) < 4.78 is 5.95. The molecule has 2 N–H and O–H groups in total. The molecule has 112 valence electrons. The Morgan fingerprint density at radius 3 is 2.84 bits per heavy atom. The second kappa shape index (κ2) is 7.05. The molecule has 3 unspecified atom stereocenters. The van der Waals surface area contributed by atoms with E-state index < -0.39 is 0 Å². The molecule has 0 saturated carbocycles. The molecule has 2 aliphatic heterocycles. The van der Waals surface area contributed by atoms with Crippen LogP contribution >= 0.6 is 0 Å². The van der Waals surface area contributed by atoms with Gasteiger partial charge in [0.2, 0.25) is 0 Å². The predicted molar refractivity (Wildman–Crippen MR) is 80.3 cm³/mol. The number of rotatable bonds is 5. The van der Waals surface area contributed by atoms with E-state index in [2.05, 4.69) is 18.7 Å². The summed E-state index contributed by atoms with van der Waals surface area (Å²) in [6, 6.07) is 0.748. The molecule has 19 heavy (non-hydrogen) atoms. The van der Waals surface area contributed by atoms with E-state index in [1.54, 1.807) is 0 Å². The minimum absolute atomic E-state index is 0.221. The number of hydrogen-bond donors (Lipinski definition) is 1. The molecule has 2 aliphatic rings. The first kappa shape index (κ1) is 15.3. The molecule has 2 saturated heterocycles. The summed E-state index contributed by atoms with van der Waals surface area (Å²) in [5.74, 6) is 0. The largest absolute Gasteiger partial charge is 0.378 e. The zero-order valence-corrected chi connectivity index (χ0v) is 12.9. The van der Waals surface area contributed by atoms with Gasteiger partial charge in [0.15, 0.2) is 0 Å². The second-order valence-electron chi connectivity index (χ2n) is 6.42. The van der Waals surface area contributed by atoms with Crippen molar-refractivity contribution in [2.75, 3.05) is 19.7 Å². The zero-order valence-electron chi connectivity index (χ0n) is 12.9. The van der Waals surface area contributed by atoms with Crippen LogP contribution in [-0.2, 0) is 4.74 Å². The van der Waals surface area contributed by atoms with Crippen molar-refractivity contribution in [3.8, 4) is 0 Å². The average Bonchev–Trinajstić information content (AvgIpc) is 2.47. The number of nitrogens with two attached hydrogens (primary N) is 1. The molecule has 3 atom stereocenters. The third-order valence-electron chi connectivity index (χ3n) is 5.23. The molecule has 0 radical (unpaired) electrons. The van der Waals surface area contributed by atoms with Gasteiger partial charge in [0.05, 0.1) is 6.10 Å². The van der Waals surface area contributed by atoms with Crippen molar-refractivity contribution in [1.29, 1.82) is 0 Å². The normalized spacial score (nSPS) is 37.4. The lowest BCUT2D eigenvalue weighted by molar-refractivity contribution is -0.0938. The highest BCUT2D eigenvalue weighted by Gasteiger charge is 2.43. The Morgan fingerprint density at radius 1 is 1.32 bits per heavy atom. The molecule has 0 aromatic heterocycles. The smallest absolute Gasteiger partial charge is 0.0593 e. The van der Waals surface area contributed by atoms with Crippen LogP contribution in [0.2, 0.25) is 0 Å². The molecule has 3 nitrogen and oxygen atoms in total. The maximum atomic E-state index is 6.25. The first-order valence-corrected chi connectivity index (χ1v) is 8.34. The van der Waals surface area contributed by atoms with Gasteiger partial charge in [0.25, 0.3) is 0 Å². The first-order valence-electron chi connectivity index (χ1n) is 8.34. The van der Waals surface area contributed by atoms with Gasteiger partial charge < -0.3 is 10.5 Å². The third-order valence-corrected chi connectivity index (χ3v) is 5.23. The summed E-state index contributed by atoms with van der Waals surface area (Å²) in [4.78, 5) is 2.77. The van der Waals surface area contributed by atoms with Crippen LogP contribution in [0.5, 0.6) is 0 Å². The van der Waals surface area contributed by atoms with Gasteiger partial charge in [-0.05, 0) is 45.1 Å². The van der Waals surface area contributed by atoms with Crippen LogP contribution in [0.25, 0.3) is 0 Å². The van der Waals surface area contributed by atoms with Gasteiger partial charge >= 0.3 is 0 Å². The minimum atomic E-state index is 0.221. The van der Waals surface area contributed by atoms with E-state index in [1.807, 2.05) is 0 Å². The molecule has 2 heterocycles. The molecule has 2 fully saturated rings. The fourth-order valence-corrected chi connectivity index (χ4v) is 4.12. The summed E-state index contributed by atoms with van der Waals surface area (Å²) in [6.45, 7) is 7.52. The molecule has 0 aromatic rings. The van der Waals surface area contributed by atoms with E-state index in [4.69, 9.17) is 10.5 Å². The van der Waals surface area contributed by atoms with Crippen molar-refractivity contribution < 1.29 is 4.74 Å². The summed E-state index contributed by atoms with van der Waals surface area (Å²) >= 11 is 0. The molecule has 0 aliphatic carbocycles. The van der Waals surface area contributed by atoms with Crippen LogP contribution in [0.3, 0.4) is 0 Å². The fourth-order valence-electron chi connectivity index (χ4n) is 4.12. The minimum Gasteiger partial charge on any atom is -0.378 e. The lowest BCUT2D eigenvalue weighted by atomic mass is 9.80. The lowest BCUT2D eigenvalue weighted by Gasteiger charge is -2.53. The highest BCUT2D eigenvalue weighted by molar-refractivity contribution is 4.99. The summed E-state index contributed by atoms with van der Waals surface area (Å²) in [5, 5.41) is 0. The Hall–Kier alpha value is -0.120. The van der Waals surface area contributed by atoms with Crippen LogP contribution in [0, 0.1) is 0 Å². The summed E-state index contributed by atoms with van der Waals surface area (Å²) in [7, 11) is 0. The highest BCUT2D eigenvalue weighted by Crippen LogP contribution is 2.37. The Bertz CT molecular complexity index is 269. The van der Waals surface area contributed by atoms with Crippen molar-refractivity contribution in [2.45, 2.75) is 82.9 Å². The van der Waals surface area contributed by atoms with E-state index in [1.165, 1.54) is 45.1 Å². The second-order valence-corrected chi connectivity index (χ2v) is 6.42. The van der Waals surface area contributed by atoms with Crippen LogP contribution in [0.1, 0.15) is 65.2 Å². The van der Waals surface area contributed by atoms with E-state index in [0.29, 0.717) is 6.10 Å². The van der Waals surface area contributed by atoms with Crippen molar-refractivity contribution in [3.63, 3.8) is 0 Å². The number of nitrogens with zero attached hydrogens (tertiary/aromatic N) is 1. The van der Waals surface area contributed by atoms with Crippen LogP contribution in [0.4, 0.5) is 0 Å². The first-order chi connectivity index (χ1) is 9.25. The number of piperidine rings is 1. The van der Waals surface area contributed by atoms with Gasteiger partial charge in [-0.1, -0.05) is 26.7 Å². The zero-order chi connectivity index (χ0) is 13.7. The summed E-state index contributed by atoms with van der Waals surface area (Å²) in [5.41, 5.74) is 6.47. The average molecular weight is 268 g/mol. The fraction of sp³-hybridized carbons (Fsp3) is 1.00. The van der Waals surface area contributed by atoms with Gasteiger partial charge in [0, 0.05) is 24.7 Å². The van der Waals surface area contributed by atoms with Gasteiger partial charge in [-0.3, -0.25) is 4.90 Å². The molecule has 3 heteroatoms. The standard InChI is InChI=1S/C16H32N2O/c1-3-7-15-12-16(13-17,9-11-19-15)18-10-6-5-8-14(18)4-2/h14-15H,3-13,17H2,1-2H3. The Labute approximate surface area is 118 Å². The van der Waals surface area contributed by atoms with Crippen molar-refractivity contribution in [1.82, 2.24) is 4.90 Å². The molecular weight excluding hydrogens is 236 g/mol. The Morgan fingerprint density at radius 2 is 2.16 bits per heavy atom. The van der Waals surface area contributed by atoms with E-state index in [9.17, 15) is 0 Å². The van der Waals surface area contributed by atoms with Crippen molar-refractivity contribution in [3.05, 3.63) is 0 Å². The monoisotopic (exact) mass is 268 g/mol. The van der Waals surface area contributed by atoms with E-state index in [-0.39, 0.29) is 5.54 Å². The molecule has 0 amide bonds. The molecule has 2 rings (SSSR count). The Balaban J connectivity index is 2.10. The van der Waals surface area contributed by atoms with Crippen molar-refractivity contribution in [2.24, 2.45) is 5.73 Å².